The van der Waals surface area contributed by atoms with Crippen molar-refractivity contribution in [3.8, 4) is 0 Å². The highest BCUT2D eigenvalue weighted by Gasteiger charge is 2.24. The molecule has 0 aliphatic rings. The number of carbonyl (C=O) groups is 3. The number of rotatable bonds is 13. The lowest BCUT2D eigenvalue weighted by Crippen LogP contribution is -2.30. The van der Waals surface area contributed by atoms with Crippen molar-refractivity contribution in [3.05, 3.63) is 65.5 Å². The molecule has 2 amide bonds. The SMILES string of the molecule is CCOCc1nc2c(N)nc3ccccc3c2n1CC(C)(C)OC.NC(=O)c1ccc(C(=O)NCCOCC=O)cc1. The van der Waals surface area contributed by atoms with Crippen LogP contribution in [0.25, 0.3) is 21.9 Å². The number of hydrogen-bond acceptors (Lipinski definition) is 9. The number of anilines is 1. The van der Waals surface area contributed by atoms with Crippen LogP contribution in [-0.4, -0.2) is 71.7 Å². The van der Waals surface area contributed by atoms with Crippen molar-refractivity contribution in [2.45, 2.75) is 39.5 Å². The van der Waals surface area contributed by atoms with Gasteiger partial charge in [-0.25, -0.2) is 9.97 Å². The third-order valence-electron chi connectivity index (χ3n) is 6.37. The van der Waals surface area contributed by atoms with E-state index in [2.05, 4.69) is 28.7 Å². The van der Waals surface area contributed by atoms with Gasteiger partial charge in [0.2, 0.25) is 5.91 Å². The molecule has 0 spiro atoms. The molecule has 4 rings (SSSR count). The van der Waals surface area contributed by atoms with Gasteiger partial charge in [-0.2, -0.15) is 0 Å². The summed E-state index contributed by atoms with van der Waals surface area (Å²) in [6.07, 6.45) is 0.643. The minimum Gasteiger partial charge on any atom is -0.382 e. The van der Waals surface area contributed by atoms with E-state index in [9.17, 15) is 14.4 Å². The first-order valence-electron chi connectivity index (χ1n) is 13.5. The molecule has 0 saturated heterocycles. The average molecular weight is 579 g/mol. The van der Waals surface area contributed by atoms with Crippen LogP contribution < -0.4 is 16.8 Å². The zero-order chi connectivity index (χ0) is 30.7. The van der Waals surface area contributed by atoms with Crippen molar-refractivity contribution in [2.24, 2.45) is 5.73 Å². The van der Waals surface area contributed by atoms with E-state index < -0.39 is 5.91 Å². The van der Waals surface area contributed by atoms with Gasteiger partial charge in [-0.15, -0.1) is 0 Å². The van der Waals surface area contributed by atoms with E-state index in [1.165, 1.54) is 24.3 Å². The van der Waals surface area contributed by atoms with Crippen LogP contribution in [0.2, 0.25) is 0 Å². The number of nitrogens with zero attached hydrogens (tertiary/aromatic N) is 3. The zero-order valence-electron chi connectivity index (χ0n) is 24.4. The number of ether oxygens (including phenoxy) is 3. The second kappa shape index (κ2) is 15.0. The van der Waals surface area contributed by atoms with E-state index >= 15 is 0 Å². The topological polar surface area (TPSA) is 174 Å². The van der Waals surface area contributed by atoms with Gasteiger partial charge in [0.1, 0.15) is 30.8 Å². The second-order valence-electron chi connectivity index (χ2n) is 9.87. The number of methoxy groups -OCH3 is 1. The standard InChI is InChI=1S/C18H24N4O2.C12H14N2O4/c1-5-24-10-14-21-15-16(22(14)11-18(2,3)23-4)12-8-6-7-9-13(12)20-17(15)19;13-11(16)9-1-3-10(4-2-9)12(17)14-5-7-18-8-6-15/h6-9H,5,10-11H2,1-4H3,(H2,19,20);1-4,6H,5,7-8H2,(H2,13,16)(H,14,17). The van der Waals surface area contributed by atoms with Gasteiger partial charge in [-0.05, 0) is 51.1 Å². The molecule has 5 N–H and O–H groups in total. The molecular formula is C30H38N6O6. The molecule has 0 aliphatic carbocycles. The second-order valence-corrected chi connectivity index (χ2v) is 9.87. The number of benzene rings is 2. The van der Waals surface area contributed by atoms with E-state index in [1.54, 1.807) is 7.11 Å². The first-order valence-corrected chi connectivity index (χ1v) is 13.5. The van der Waals surface area contributed by atoms with Crippen molar-refractivity contribution < 1.29 is 28.6 Å². The van der Waals surface area contributed by atoms with Gasteiger partial charge in [0, 0.05) is 36.8 Å². The minimum atomic E-state index is -0.538. The molecule has 0 unspecified atom stereocenters. The van der Waals surface area contributed by atoms with Crippen LogP contribution in [0.1, 0.15) is 47.3 Å². The number of imidazole rings is 1. The van der Waals surface area contributed by atoms with Crippen molar-refractivity contribution in [2.75, 3.05) is 39.2 Å². The van der Waals surface area contributed by atoms with Crippen LogP contribution in [0.3, 0.4) is 0 Å². The Morgan fingerprint density at radius 1 is 1.05 bits per heavy atom. The van der Waals surface area contributed by atoms with Gasteiger partial charge in [0.15, 0.2) is 5.82 Å². The van der Waals surface area contributed by atoms with Crippen LogP contribution in [0.4, 0.5) is 5.82 Å². The molecular weight excluding hydrogens is 540 g/mol. The van der Waals surface area contributed by atoms with E-state index in [0.29, 0.717) is 49.5 Å². The van der Waals surface area contributed by atoms with Crippen molar-refractivity contribution in [3.63, 3.8) is 0 Å². The van der Waals surface area contributed by atoms with E-state index in [4.69, 9.17) is 30.7 Å². The molecule has 42 heavy (non-hydrogen) atoms. The number of primary amides is 1. The normalized spacial score (nSPS) is 11.2. The number of aromatic nitrogens is 3. The molecule has 0 radical (unpaired) electrons. The smallest absolute Gasteiger partial charge is 0.251 e. The Morgan fingerprint density at radius 3 is 2.38 bits per heavy atom. The monoisotopic (exact) mass is 578 g/mol. The number of aldehydes is 1. The predicted octanol–water partition coefficient (Wildman–Crippen LogP) is 2.86. The van der Waals surface area contributed by atoms with Crippen molar-refractivity contribution in [1.29, 1.82) is 0 Å². The number of para-hydroxylation sites is 1. The Morgan fingerprint density at radius 2 is 1.74 bits per heavy atom. The Labute approximate surface area is 244 Å². The van der Waals surface area contributed by atoms with Gasteiger partial charge >= 0.3 is 0 Å². The summed E-state index contributed by atoms with van der Waals surface area (Å²) in [5.41, 5.74) is 14.3. The fourth-order valence-corrected chi connectivity index (χ4v) is 4.08. The molecule has 2 heterocycles. The summed E-state index contributed by atoms with van der Waals surface area (Å²) >= 11 is 0. The van der Waals surface area contributed by atoms with Crippen molar-refractivity contribution >= 4 is 45.9 Å². The maximum absolute atomic E-state index is 11.6. The molecule has 12 heteroatoms. The lowest BCUT2D eigenvalue weighted by Gasteiger charge is -2.25. The van der Waals surface area contributed by atoms with Crippen LogP contribution in [0.5, 0.6) is 0 Å². The predicted molar refractivity (Wildman–Crippen MR) is 160 cm³/mol. The Balaban J connectivity index is 0.000000241. The first-order chi connectivity index (χ1) is 20.1. The molecule has 2 aromatic carbocycles. The number of carbonyl (C=O) groups excluding carboxylic acids is 3. The summed E-state index contributed by atoms with van der Waals surface area (Å²) in [5.74, 6) is 0.460. The van der Waals surface area contributed by atoms with Crippen LogP contribution >= 0.6 is 0 Å². The Hall–Kier alpha value is -4.39. The maximum atomic E-state index is 11.6. The fraction of sp³-hybridized carbons (Fsp3) is 0.367. The molecule has 0 aliphatic heterocycles. The largest absolute Gasteiger partial charge is 0.382 e. The van der Waals surface area contributed by atoms with Crippen LogP contribution in [0, 0.1) is 0 Å². The van der Waals surface area contributed by atoms with E-state index in [0.717, 1.165) is 27.8 Å². The van der Waals surface area contributed by atoms with Gasteiger partial charge in [0.25, 0.3) is 5.91 Å². The highest BCUT2D eigenvalue weighted by molar-refractivity contribution is 6.06. The lowest BCUT2D eigenvalue weighted by atomic mass is 10.1. The number of pyridine rings is 1. The summed E-state index contributed by atoms with van der Waals surface area (Å²) in [7, 11) is 1.72. The van der Waals surface area contributed by atoms with Gasteiger partial charge < -0.3 is 40.4 Å². The van der Waals surface area contributed by atoms with Gasteiger partial charge in [0.05, 0.1) is 29.8 Å². The highest BCUT2D eigenvalue weighted by atomic mass is 16.5. The summed E-state index contributed by atoms with van der Waals surface area (Å²) in [6.45, 7) is 8.38. The number of nitrogens with two attached hydrogens (primary N) is 2. The Bertz CT molecular complexity index is 1520. The minimum absolute atomic E-state index is 0.0170. The molecule has 0 fully saturated rings. The zero-order valence-corrected chi connectivity index (χ0v) is 24.4. The molecule has 0 bridgehead atoms. The number of nitrogens with one attached hydrogen (secondary N) is 1. The third kappa shape index (κ3) is 8.32. The molecule has 0 atom stereocenters. The van der Waals surface area contributed by atoms with Crippen LogP contribution in [0.15, 0.2) is 48.5 Å². The van der Waals surface area contributed by atoms with Gasteiger partial charge in [-0.3, -0.25) is 9.59 Å². The average Bonchev–Trinajstić information content (AvgIpc) is 3.34. The summed E-state index contributed by atoms with van der Waals surface area (Å²) in [6, 6.07) is 14.0. The number of fused-ring (bicyclic) bond motifs is 3. The van der Waals surface area contributed by atoms with E-state index in [1.807, 2.05) is 31.2 Å². The summed E-state index contributed by atoms with van der Waals surface area (Å²) in [4.78, 5) is 41.6. The lowest BCUT2D eigenvalue weighted by molar-refractivity contribution is -0.111. The number of hydrogen-bond donors (Lipinski definition) is 3. The fourth-order valence-electron chi connectivity index (χ4n) is 4.08. The summed E-state index contributed by atoms with van der Waals surface area (Å²) < 4.78 is 18.3. The quantitative estimate of drug-likeness (QED) is 0.159. The molecule has 2 aromatic heterocycles. The Kier molecular flexibility index (Phi) is 11.5. The molecule has 4 aromatic rings. The maximum Gasteiger partial charge on any atom is 0.251 e. The highest BCUT2D eigenvalue weighted by Crippen LogP contribution is 2.30. The summed E-state index contributed by atoms with van der Waals surface area (Å²) in [5, 5.41) is 3.64. The van der Waals surface area contributed by atoms with Gasteiger partial charge in [-0.1, -0.05) is 18.2 Å². The molecule has 224 valence electrons. The first kappa shape index (κ1) is 32.1. The van der Waals surface area contributed by atoms with Crippen molar-refractivity contribution in [1.82, 2.24) is 19.9 Å². The van der Waals surface area contributed by atoms with Crippen LogP contribution in [-0.2, 0) is 32.2 Å². The number of nitrogen functional groups attached to an aromatic ring is 1. The van der Waals surface area contributed by atoms with E-state index in [-0.39, 0.29) is 24.7 Å². The molecule has 12 nitrogen and oxygen atoms in total. The molecule has 0 saturated carbocycles. The number of amides is 2. The third-order valence-corrected chi connectivity index (χ3v) is 6.37.